The molecule has 0 spiro atoms. The van der Waals surface area contributed by atoms with Gasteiger partial charge in [0.05, 0.1) is 6.61 Å². The zero-order valence-corrected chi connectivity index (χ0v) is 9.44. The number of hydrogen-bond acceptors (Lipinski definition) is 4. The molecule has 2 N–H and O–H groups in total. The van der Waals surface area contributed by atoms with E-state index in [0.717, 1.165) is 18.9 Å². The SMILES string of the molecule is C=CC(=O)O.CCC1(O)CCCCOC1=O. The lowest BCUT2D eigenvalue weighted by Gasteiger charge is -2.20. The molecule has 1 rings (SSSR count). The number of ether oxygens (including phenoxy) is 1. The highest BCUT2D eigenvalue weighted by atomic mass is 16.5. The maximum Gasteiger partial charge on any atom is 0.338 e. The van der Waals surface area contributed by atoms with Crippen LogP contribution in [0.5, 0.6) is 0 Å². The molecule has 0 radical (unpaired) electrons. The second kappa shape index (κ2) is 7.00. The molecule has 0 aromatic heterocycles. The summed E-state index contributed by atoms with van der Waals surface area (Å²) in [6.45, 7) is 5.22. The average molecular weight is 230 g/mol. The van der Waals surface area contributed by atoms with Crippen LogP contribution in [-0.2, 0) is 14.3 Å². The van der Waals surface area contributed by atoms with Gasteiger partial charge in [-0.1, -0.05) is 13.5 Å². The van der Waals surface area contributed by atoms with Crippen LogP contribution in [0.25, 0.3) is 0 Å². The quantitative estimate of drug-likeness (QED) is 0.548. The molecule has 0 amide bonds. The van der Waals surface area contributed by atoms with Crippen LogP contribution in [0.2, 0.25) is 0 Å². The molecule has 1 fully saturated rings. The van der Waals surface area contributed by atoms with E-state index in [0.29, 0.717) is 19.4 Å². The minimum Gasteiger partial charge on any atom is -0.478 e. The van der Waals surface area contributed by atoms with Gasteiger partial charge in [0.15, 0.2) is 5.60 Å². The summed E-state index contributed by atoms with van der Waals surface area (Å²) in [7, 11) is 0. The van der Waals surface area contributed by atoms with E-state index in [1.54, 1.807) is 6.92 Å². The molecule has 92 valence electrons. The Kier molecular flexibility index (Phi) is 6.41. The lowest BCUT2D eigenvalue weighted by molar-refractivity contribution is -0.164. The molecular formula is C11H18O5. The van der Waals surface area contributed by atoms with Crippen LogP contribution in [0.3, 0.4) is 0 Å². The zero-order chi connectivity index (χ0) is 12.6. The number of cyclic esters (lactones) is 1. The van der Waals surface area contributed by atoms with E-state index in [1.165, 1.54) is 0 Å². The van der Waals surface area contributed by atoms with Gasteiger partial charge in [0.1, 0.15) is 0 Å². The minimum atomic E-state index is -1.20. The summed E-state index contributed by atoms with van der Waals surface area (Å²) in [6.07, 6.45) is 3.57. The molecule has 0 saturated carbocycles. The number of carbonyl (C=O) groups is 2. The molecule has 5 heteroatoms. The fraction of sp³-hybridized carbons (Fsp3) is 0.636. The Bertz CT molecular complexity index is 261. The summed E-state index contributed by atoms with van der Waals surface area (Å²) in [4.78, 5) is 20.3. The Labute approximate surface area is 94.7 Å². The second-order valence-corrected chi connectivity index (χ2v) is 3.52. The number of rotatable bonds is 2. The van der Waals surface area contributed by atoms with Crippen LogP contribution in [-0.4, -0.2) is 34.4 Å². The number of aliphatic carboxylic acids is 1. The maximum absolute atomic E-state index is 11.1. The van der Waals surface area contributed by atoms with Crippen LogP contribution in [0, 0.1) is 0 Å². The van der Waals surface area contributed by atoms with Gasteiger partial charge in [-0.05, 0) is 25.7 Å². The maximum atomic E-state index is 11.1. The molecule has 0 bridgehead atoms. The van der Waals surface area contributed by atoms with Gasteiger partial charge >= 0.3 is 11.9 Å². The monoisotopic (exact) mass is 230 g/mol. The van der Waals surface area contributed by atoms with Crippen molar-refractivity contribution >= 4 is 11.9 Å². The summed E-state index contributed by atoms with van der Waals surface area (Å²) in [6, 6.07) is 0. The highest BCUT2D eigenvalue weighted by molar-refractivity contribution is 5.79. The third-order valence-electron chi connectivity index (χ3n) is 2.36. The molecule has 0 aliphatic carbocycles. The molecule has 1 heterocycles. The molecule has 1 unspecified atom stereocenters. The number of carboxylic acids is 1. The molecule has 0 aromatic carbocycles. The first-order chi connectivity index (χ1) is 7.46. The van der Waals surface area contributed by atoms with Crippen molar-refractivity contribution in [1.29, 1.82) is 0 Å². The first kappa shape index (κ1) is 14.6. The Morgan fingerprint density at radius 2 is 2.19 bits per heavy atom. The van der Waals surface area contributed by atoms with Crippen molar-refractivity contribution in [2.75, 3.05) is 6.61 Å². The number of carbonyl (C=O) groups excluding carboxylic acids is 1. The first-order valence-electron chi connectivity index (χ1n) is 5.21. The van der Waals surface area contributed by atoms with Crippen molar-refractivity contribution in [3.05, 3.63) is 12.7 Å². The topological polar surface area (TPSA) is 83.8 Å². The predicted octanol–water partition coefficient (Wildman–Crippen LogP) is 1.11. The van der Waals surface area contributed by atoms with Crippen LogP contribution >= 0.6 is 0 Å². The van der Waals surface area contributed by atoms with Crippen molar-refractivity contribution in [3.8, 4) is 0 Å². The van der Waals surface area contributed by atoms with E-state index in [2.05, 4.69) is 6.58 Å². The Balaban J connectivity index is 0.000000385. The normalized spacial score (nSPS) is 24.5. The summed E-state index contributed by atoms with van der Waals surface area (Å²) in [5, 5.41) is 17.3. The van der Waals surface area contributed by atoms with Gasteiger partial charge in [-0.15, -0.1) is 0 Å². The summed E-state index contributed by atoms with van der Waals surface area (Å²) >= 11 is 0. The van der Waals surface area contributed by atoms with E-state index in [9.17, 15) is 14.7 Å². The minimum absolute atomic E-state index is 0.447. The molecule has 1 saturated heterocycles. The largest absolute Gasteiger partial charge is 0.478 e. The van der Waals surface area contributed by atoms with Crippen LogP contribution in [0.15, 0.2) is 12.7 Å². The van der Waals surface area contributed by atoms with Gasteiger partial charge in [0.2, 0.25) is 0 Å². The number of carboxylic acid groups (broad SMARTS) is 1. The van der Waals surface area contributed by atoms with Gasteiger partial charge in [-0.25, -0.2) is 9.59 Å². The van der Waals surface area contributed by atoms with Gasteiger partial charge in [0.25, 0.3) is 0 Å². The van der Waals surface area contributed by atoms with Crippen molar-refractivity contribution in [2.24, 2.45) is 0 Å². The molecule has 1 atom stereocenters. The van der Waals surface area contributed by atoms with Crippen molar-refractivity contribution < 1.29 is 24.5 Å². The van der Waals surface area contributed by atoms with Crippen LogP contribution in [0.4, 0.5) is 0 Å². The molecule has 1 aliphatic heterocycles. The molecule has 16 heavy (non-hydrogen) atoms. The Morgan fingerprint density at radius 1 is 1.62 bits per heavy atom. The molecule has 0 aromatic rings. The second-order valence-electron chi connectivity index (χ2n) is 3.52. The van der Waals surface area contributed by atoms with E-state index in [4.69, 9.17) is 9.84 Å². The van der Waals surface area contributed by atoms with Gasteiger partial charge < -0.3 is 14.9 Å². The third-order valence-corrected chi connectivity index (χ3v) is 2.36. The van der Waals surface area contributed by atoms with Gasteiger partial charge in [-0.2, -0.15) is 0 Å². The fourth-order valence-corrected chi connectivity index (χ4v) is 1.24. The van der Waals surface area contributed by atoms with Crippen molar-refractivity contribution in [3.63, 3.8) is 0 Å². The van der Waals surface area contributed by atoms with E-state index < -0.39 is 17.5 Å². The third kappa shape index (κ3) is 4.93. The lowest BCUT2D eigenvalue weighted by atomic mass is 9.95. The molecular weight excluding hydrogens is 212 g/mol. The van der Waals surface area contributed by atoms with E-state index in [-0.39, 0.29) is 0 Å². The summed E-state index contributed by atoms with van der Waals surface area (Å²) in [5.74, 6) is -1.43. The number of hydrogen-bond donors (Lipinski definition) is 2. The molecule has 1 aliphatic rings. The highest BCUT2D eigenvalue weighted by Crippen LogP contribution is 2.23. The highest BCUT2D eigenvalue weighted by Gasteiger charge is 2.36. The van der Waals surface area contributed by atoms with Crippen molar-refractivity contribution in [2.45, 2.75) is 38.2 Å². The number of aliphatic hydroxyl groups is 1. The molecule has 5 nitrogen and oxygen atoms in total. The summed E-state index contributed by atoms with van der Waals surface area (Å²) in [5.41, 5.74) is -1.20. The first-order valence-corrected chi connectivity index (χ1v) is 5.21. The Hall–Kier alpha value is -1.36. The van der Waals surface area contributed by atoms with Gasteiger partial charge in [-0.3, -0.25) is 0 Å². The van der Waals surface area contributed by atoms with Crippen LogP contribution in [0.1, 0.15) is 32.6 Å². The van der Waals surface area contributed by atoms with E-state index in [1.807, 2.05) is 0 Å². The lowest BCUT2D eigenvalue weighted by Crippen LogP contribution is -2.38. The Morgan fingerprint density at radius 3 is 2.62 bits per heavy atom. The summed E-state index contributed by atoms with van der Waals surface area (Å²) < 4.78 is 4.82. The smallest absolute Gasteiger partial charge is 0.338 e. The number of esters is 1. The van der Waals surface area contributed by atoms with Crippen molar-refractivity contribution in [1.82, 2.24) is 0 Å². The average Bonchev–Trinajstić information content (AvgIpc) is 2.43. The predicted molar refractivity (Wildman–Crippen MR) is 57.9 cm³/mol. The zero-order valence-electron chi connectivity index (χ0n) is 9.44. The van der Waals surface area contributed by atoms with E-state index >= 15 is 0 Å². The van der Waals surface area contributed by atoms with Crippen LogP contribution < -0.4 is 0 Å². The standard InChI is InChI=1S/C8H14O3.C3H4O2/c1-2-8(10)5-3-4-6-11-7(8)9;1-2-3(4)5/h10H,2-6H2,1H3;2H,1H2,(H,4,5). The fourth-order valence-electron chi connectivity index (χ4n) is 1.24. The van der Waals surface area contributed by atoms with Gasteiger partial charge in [0, 0.05) is 6.08 Å².